The molecule has 0 amide bonds. The Labute approximate surface area is 119 Å². The number of aromatic nitrogens is 2. The van der Waals surface area contributed by atoms with E-state index < -0.39 is 0 Å². The van der Waals surface area contributed by atoms with Crippen molar-refractivity contribution in [1.29, 1.82) is 0 Å². The summed E-state index contributed by atoms with van der Waals surface area (Å²) >= 11 is 0. The first kappa shape index (κ1) is 13.3. The number of benzene rings is 1. The first-order valence-corrected chi connectivity index (χ1v) is 7.12. The standard InChI is InChI=1S/C15H20N4O/c1-19(13-7-9-16-10-8-13)11-14-17-15(20-18-14)12-5-3-2-4-6-12/h2-6,13,16H,7-11H2,1H3. The molecule has 1 saturated heterocycles. The van der Waals surface area contributed by atoms with Gasteiger partial charge in [0.25, 0.3) is 5.89 Å². The molecule has 0 spiro atoms. The van der Waals surface area contributed by atoms with Gasteiger partial charge in [0.2, 0.25) is 0 Å². The van der Waals surface area contributed by atoms with Crippen LogP contribution in [0.4, 0.5) is 0 Å². The Morgan fingerprint density at radius 2 is 2.00 bits per heavy atom. The number of hydrogen-bond acceptors (Lipinski definition) is 5. The number of rotatable bonds is 4. The summed E-state index contributed by atoms with van der Waals surface area (Å²) in [5.74, 6) is 1.35. The van der Waals surface area contributed by atoms with Gasteiger partial charge in [-0.25, -0.2) is 0 Å². The largest absolute Gasteiger partial charge is 0.334 e. The predicted octanol–water partition coefficient (Wildman–Crippen LogP) is 1.92. The van der Waals surface area contributed by atoms with Gasteiger partial charge in [0.1, 0.15) is 0 Å². The summed E-state index contributed by atoms with van der Waals surface area (Å²) in [7, 11) is 2.13. The third-order valence-corrected chi connectivity index (χ3v) is 3.81. The summed E-state index contributed by atoms with van der Waals surface area (Å²) < 4.78 is 5.34. The molecule has 1 aromatic carbocycles. The highest BCUT2D eigenvalue weighted by atomic mass is 16.5. The summed E-state index contributed by atoms with van der Waals surface area (Å²) in [6, 6.07) is 10.5. The van der Waals surface area contributed by atoms with Crippen LogP contribution in [0.25, 0.3) is 11.5 Å². The number of piperidine rings is 1. The van der Waals surface area contributed by atoms with Crippen LogP contribution in [0.5, 0.6) is 0 Å². The average molecular weight is 272 g/mol. The summed E-state index contributed by atoms with van der Waals surface area (Å²) in [5, 5.41) is 7.47. The molecule has 3 rings (SSSR count). The maximum Gasteiger partial charge on any atom is 0.257 e. The first-order valence-electron chi connectivity index (χ1n) is 7.12. The quantitative estimate of drug-likeness (QED) is 0.921. The summed E-state index contributed by atoms with van der Waals surface area (Å²) in [6.07, 6.45) is 2.36. The topological polar surface area (TPSA) is 54.2 Å². The van der Waals surface area contributed by atoms with E-state index in [9.17, 15) is 0 Å². The van der Waals surface area contributed by atoms with E-state index in [0.717, 1.165) is 31.0 Å². The van der Waals surface area contributed by atoms with Crippen LogP contribution in [0.1, 0.15) is 18.7 Å². The molecule has 1 N–H and O–H groups in total. The Morgan fingerprint density at radius 3 is 2.75 bits per heavy atom. The maximum atomic E-state index is 5.34. The van der Waals surface area contributed by atoms with E-state index in [0.29, 0.717) is 11.9 Å². The van der Waals surface area contributed by atoms with Gasteiger partial charge < -0.3 is 9.84 Å². The van der Waals surface area contributed by atoms with Crippen molar-refractivity contribution in [3.05, 3.63) is 36.2 Å². The molecule has 106 valence electrons. The molecule has 1 aliphatic rings. The smallest absolute Gasteiger partial charge is 0.257 e. The third-order valence-electron chi connectivity index (χ3n) is 3.81. The van der Waals surface area contributed by atoms with Gasteiger partial charge in [-0.15, -0.1) is 0 Å². The van der Waals surface area contributed by atoms with Crippen molar-refractivity contribution in [2.75, 3.05) is 20.1 Å². The van der Waals surface area contributed by atoms with Crippen molar-refractivity contribution >= 4 is 0 Å². The molecule has 0 aliphatic carbocycles. The van der Waals surface area contributed by atoms with Gasteiger partial charge in [0.15, 0.2) is 5.82 Å². The third kappa shape index (κ3) is 3.05. The summed E-state index contributed by atoms with van der Waals surface area (Å²) in [6.45, 7) is 2.92. The fourth-order valence-corrected chi connectivity index (χ4v) is 2.62. The molecule has 1 fully saturated rings. The van der Waals surface area contributed by atoms with Crippen molar-refractivity contribution in [2.45, 2.75) is 25.4 Å². The molecule has 2 heterocycles. The minimum atomic E-state index is 0.597. The van der Waals surface area contributed by atoms with Gasteiger partial charge in [-0.05, 0) is 45.1 Å². The second-order valence-electron chi connectivity index (χ2n) is 5.28. The Hall–Kier alpha value is -1.72. The van der Waals surface area contributed by atoms with Gasteiger partial charge in [0, 0.05) is 11.6 Å². The number of nitrogens with one attached hydrogen (secondary N) is 1. The molecule has 1 aliphatic heterocycles. The monoisotopic (exact) mass is 272 g/mol. The van der Waals surface area contributed by atoms with Gasteiger partial charge in [-0.1, -0.05) is 23.4 Å². The lowest BCUT2D eigenvalue weighted by molar-refractivity contribution is 0.186. The molecule has 0 radical (unpaired) electrons. The lowest BCUT2D eigenvalue weighted by Crippen LogP contribution is -2.40. The fraction of sp³-hybridized carbons (Fsp3) is 0.467. The minimum absolute atomic E-state index is 0.597. The van der Waals surface area contributed by atoms with Crippen LogP contribution in [0.2, 0.25) is 0 Å². The van der Waals surface area contributed by atoms with E-state index >= 15 is 0 Å². The van der Waals surface area contributed by atoms with Crippen LogP contribution in [-0.2, 0) is 6.54 Å². The highest BCUT2D eigenvalue weighted by Crippen LogP contribution is 2.18. The molecule has 5 heteroatoms. The van der Waals surface area contributed by atoms with Gasteiger partial charge in [-0.2, -0.15) is 4.98 Å². The Kier molecular flexibility index (Phi) is 4.08. The van der Waals surface area contributed by atoms with Crippen LogP contribution in [0.3, 0.4) is 0 Å². The second kappa shape index (κ2) is 6.15. The molecule has 5 nitrogen and oxygen atoms in total. The number of nitrogens with zero attached hydrogens (tertiary/aromatic N) is 3. The zero-order valence-electron chi connectivity index (χ0n) is 11.7. The van der Waals surface area contributed by atoms with Crippen molar-refractivity contribution in [2.24, 2.45) is 0 Å². The van der Waals surface area contributed by atoms with Crippen LogP contribution in [0, 0.1) is 0 Å². The maximum absolute atomic E-state index is 5.34. The average Bonchev–Trinajstić information content (AvgIpc) is 2.97. The van der Waals surface area contributed by atoms with Gasteiger partial charge in [0.05, 0.1) is 6.54 Å². The molecule has 20 heavy (non-hydrogen) atoms. The lowest BCUT2D eigenvalue weighted by Gasteiger charge is -2.30. The van der Waals surface area contributed by atoms with Crippen molar-refractivity contribution < 1.29 is 4.52 Å². The molecule has 0 bridgehead atoms. The van der Waals surface area contributed by atoms with E-state index in [1.807, 2.05) is 30.3 Å². The fourth-order valence-electron chi connectivity index (χ4n) is 2.62. The van der Waals surface area contributed by atoms with E-state index in [1.165, 1.54) is 12.8 Å². The molecular formula is C15H20N4O. The highest BCUT2D eigenvalue weighted by molar-refractivity contribution is 5.51. The normalized spacial score (nSPS) is 16.7. The second-order valence-corrected chi connectivity index (χ2v) is 5.28. The first-order chi connectivity index (χ1) is 9.83. The highest BCUT2D eigenvalue weighted by Gasteiger charge is 2.19. The molecule has 0 saturated carbocycles. The zero-order chi connectivity index (χ0) is 13.8. The number of hydrogen-bond donors (Lipinski definition) is 1. The molecular weight excluding hydrogens is 252 g/mol. The van der Waals surface area contributed by atoms with Crippen LogP contribution >= 0.6 is 0 Å². The minimum Gasteiger partial charge on any atom is -0.334 e. The van der Waals surface area contributed by atoms with Crippen LogP contribution in [-0.4, -0.2) is 41.2 Å². The van der Waals surface area contributed by atoms with Crippen molar-refractivity contribution in [1.82, 2.24) is 20.4 Å². The van der Waals surface area contributed by atoms with Gasteiger partial charge >= 0.3 is 0 Å². The molecule has 1 aromatic heterocycles. The van der Waals surface area contributed by atoms with Gasteiger partial charge in [-0.3, -0.25) is 4.90 Å². The Bertz CT molecular complexity index is 534. The molecule has 0 unspecified atom stereocenters. The summed E-state index contributed by atoms with van der Waals surface area (Å²) in [5.41, 5.74) is 0.968. The Morgan fingerprint density at radius 1 is 1.25 bits per heavy atom. The van der Waals surface area contributed by atoms with Crippen molar-refractivity contribution in [3.63, 3.8) is 0 Å². The van der Waals surface area contributed by atoms with E-state index in [2.05, 4.69) is 27.4 Å². The van der Waals surface area contributed by atoms with Crippen molar-refractivity contribution in [3.8, 4) is 11.5 Å². The predicted molar refractivity (Wildman–Crippen MR) is 77.1 cm³/mol. The van der Waals surface area contributed by atoms with E-state index in [1.54, 1.807) is 0 Å². The van der Waals surface area contributed by atoms with Crippen LogP contribution in [0.15, 0.2) is 34.9 Å². The summed E-state index contributed by atoms with van der Waals surface area (Å²) in [4.78, 5) is 6.80. The molecule has 0 atom stereocenters. The molecule has 2 aromatic rings. The lowest BCUT2D eigenvalue weighted by atomic mass is 10.1. The zero-order valence-corrected chi connectivity index (χ0v) is 11.7. The van der Waals surface area contributed by atoms with E-state index in [4.69, 9.17) is 4.52 Å². The Balaban J connectivity index is 1.65. The van der Waals surface area contributed by atoms with Crippen LogP contribution < -0.4 is 5.32 Å². The SMILES string of the molecule is CN(Cc1noc(-c2ccccc2)n1)C1CCNCC1. The van der Waals surface area contributed by atoms with E-state index in [-0.39, 0.29) is 0 Å².